The first-order chi connectivity index (χ1) is 9.65. The van der Waals surface area contributed by atoms with Crippen LogP contribution in [0, 0.1) is 16.5 Å². The molecule has 0 radical (unpaired) electrons. The number of aliphatic hydroxyl groups excluding tert-OH is 1. The summed E-state index contributed by atoms with van der Waals surface area (Å²) in [5.74, 6) is -1.21. The second-order valence-corrected chi connectivity index (χ2v) is 5.22. The van der Waals surface area contributed by atoms with Gasteiger partial charge in [-0.25, -0.2) is 8.78 Å². The van der Waals surface area contributed by atoms with Crippen LogP contribution in [0.1, 0.15) is 0 Å². The van der Waals surface area contributed by atoms with Crippen molar-refractivity contribution in [1.29, 1.82) is 0 Å². The number of piperazine rings is 1. The van der Waals surface area contributed by atoms with Gasteiger partial charge in [0.25, 0.3) is 0 Å². The fourth-order valence-electron chi connectivity index (χ4n) is 2.22. The maximum Gasteiger partial charge on any atom is 0.147 e. The van der Waals surface area contributed by atoms with Gasteiger partial charge in [0.2, 0.25) is 0 Å². The number of halogens is 2. The van der Waals surface area contributed by atoms with Crippen molar-refractivity contribution in [3.05, 3.63) is 28.7 Å². The van der Waals surface area contributed by atoms with E-state index in [4.69, 9.17) is 5.11 Å². The number of nitrogens with zero attached hydrogens (tertiary/aromatic N) is 3. The van der Waals surface area contributed by atoms with Gasteiger partial charge in [-0.1, -0.05) is 0 Å². The molecule has 0 atom stereocenters. The third-order valence-corrected chi connectivity index (χ3v) is 3.85. The Hall–Kier alpha value is -1.25. The Morgan fingerprint density at radius 2 is 1.90 bits per heavy atom. The van der Waals surface area contributed by atoms with E-state index in [2.05, 4.69) is 9.48 Å². The van der Waals surface area contributed by atoms with Crippen molar-refractivity contribution >= 4 is 17.6 Å². The van der Waals surface area contributed by atoms with E-state index < -0.39 is 11.6 Å². The number of nitroso groups, excluding NO2 is 1. The van der Waals surface area contributed by atoms with E-state index in [-0.39, 0.29) is 17.2 Å². The van der Waals surface area contributed by atoms with Gasteiger partial charge in [-0.15, -0.1) is 4.91 Å². The van der Waals surface area contributed by atoms with E-state index in [9.17, 15) is 13.7 Å². The minimum absolute atomic E-state index is 0.0909. The zero-order chi connectivity index (χ0) is 14.5. The second-order valence-electron chi connectivity index (χ2n) is 4.45. The van der Waals surface area contributed by atoms with Crippen LogP contribution < -0.4 is 4.90 Å². The summed E-state index contributed by atoms with van der Waals surface area (Å²) in [5.41, 5.74) is 0.196. The fraction of sp³-hybridized carbons (Fsp3) is 0.500. The summed E-state index contributed by atoms with van der Waals surface area (Å²) in [5, 5.41) is 8.86. The highest BCUT2D eigenvalue weighted by Gasteiger charge is 2.21. The molecule has 1 aromatic rings. The highest BCUT2D eigenvalue weighted by Crippen LogP contribution is 2.30. The molecule has 1 saturated heterocycles. The van der Waals surface area contributed by atoms with Crippen LogP contribution in [0.15, 0.2) is 21.6 Å². The van der Waals surface area contributed by atoms with Crippen LogP contribution in [-0.4, -0.2) is 49.3 Å². The lowest BCUT2D eigenvalue weighted by Gasteiger charge is -2.35. The average molecular weight is 303 g/mol. The molecule has 1 heterocycles. The lowest BCUT2D eigenvalue weighted by Crippen LogP contribution is -2.47. The number of β-amino-alcohol motifs (C(OH)–C–C–N with tert-alkyl or cyclic N) is 1. The maximum atomic E-state index is 14.0. The molecule has 0 aliphatic carbocycles. The number of hydrogen-bond donors (Lipinski definition) is 1. The Kier molecular flexibility index (Phi) is 5.27. The fourth-order valence-corrected chi connectivity index (χ4v) is 2.61. The lowest BCUT2D eigenvalue weighted by molar-refractivity contribution is 0.188. The van der Waals surface area contributed by atoms with Gasteiger partial charge in [0.1, 0.15) is 11.6 Å². The van der Waals surface area contributed by atoms with Gasteiger partial charge in [0.05, 0.1) is 29.1 Å². The standard InChI is InChI=1S/C12H15F2N3O2S/c13-9-8-12(20-15-19)10(14)7-11(9)17-3-1-16(2-4-17)5-6-18/h7-8,18H,1-6H2. The van der Waals surface area contributed by atoms with Crippen molar-refractivity contribution in [2.45, 2.75) is 4.90 Å². The van der Waals surface area contributed by atoms with Crippen LogP contribution in [0.25, 0.3) is 0 Å². The summed E-state index contributed by atoms with van der Waals surface area (Å²) in [6.07, 6.45) is 0. The number of anilines is 1. The molecular weight excluding hydrogens is 288 g/mol. The summed E-state index contributed by atoms with van der Waals surface area (Å²) in [6, 6.07) is 2.10. The first-order valence-electron chi connectivity index (χ1n) is 6.22. The first-order valence-corrected chi connectivity index (χ1v) is 7.00. The zero-order valence-corrected chi connectivity index (χ0v) is 11.6. The molecule has 5 nitrogen and oxygen atoms in total. The molecule has 0 bridgehead atoms. The monoisotopic (exact) mass is 303 g/mol. The van der Waals surface area contributed by atoms with E-state index in [1.165, 1.54) is 0 Å². The predicted molar refractivity (Wildman–Crippen MR) is 73.7 cm³/mol. The van der Waals surface area contributed by atoms with E-state index in [0.717, 1.165) is 12.1 Å². The molecule has 1 aliphatic heterocycles. The Morgan fingerprint density at radius 1 is 1.20 bits per heavy atom. The average Bonchev–Trinajstić information content (AvgIpc) is 2.44. The van der Waals surface area contributed by atoms with Crippen molar-refractivity contribution in [2.75, 3.05) is 44.2 Å². The van der Waals surface area contributed by atoms with Gasteiger partial charge in [-0.05, 0) is 6.07 Å². The van der Waals surface area contributed by atoms with Gasteiger partial charge < -0.3 is 10.0 Å². The molecule has 1 N–H and O–H groups in total. The molecule has 0 saturated carbocycles. The zero-order valence-electron chi connectivity index (χ0n) is 10.8. The smallest absolute Gasteiger partial charge is 0.147 e. The first kappa shape index (κ1) is 15.1. The number of hydrogen-bond acceptors (Lipinski definition) is 6. The summed E-state index contributed by atoms with van der Waals surface area (Å²) < 4.78 is 30.2. The summed E-state index contributed by atoms with van der Waals surface area (Å²) >= 11 is 0.378. The van der Waals surface area contributed by atoms with Crippen molar-refractivity contribution in [2.24, 2.45) is 4.58 Å². The third-order valence-electron chi connectivity index (χ3n) is 3.27. The van der Waals surface area contributed by atoms with Crippen molar-refractivity contribution in [1.82, 2.24) is 4.90 Å². The molecule has 0 amide bonds. The SMILES string of the molecule is O=NSc1cc(F)c(N2CCN(CCO)CC2)cc1F. The topological polar surface area (TPSA) is 56.1 Å². The van der Waals surface area contributed by atoms with E-state index in [0.29, 0.717) is 44.7 Å². The minimum Gasteiger partial charge on any atom is -0.395 e. The molecule has 2 rings (SSSR count). The molecule has 0 unspecified atom stereocenters. The van der Waals surface area contributed by atoms with Crippen LogP contribution in [0.5, 0.6) is 0 Å². The Labute approximate surface area is 119 Å². The number of rotatable bonds is 5. The largest absolute Gasteiger partial charge is 0.395 e. The molecule has 1 fully saturated rings. The van der Waals surface area contributed by atoms with Crippen molar-refractivity contribution < 1.29 is 13.9 Å². The molecule has 0 spiro atoms. The van der Waals surface area contributed by atoms with Crippen LogP contribution in [0.3, 0.4) is 0 Å². The number of benzene rings is 1. The summed E-state index contributed by atoms with van der Waals surface area (Å²) in [4.78, 5) is 13.8. The molecule has 110 valence electrons. The highest BCUT2D eigenvalue weighted by molar-refractivity contribution is 7.98. The normalized spacial score (nSPS) is 16.4. The summed E-state index contributed by atoms with van der Waals surface area (Å²) in [7, 11) is 0. The highest BCUT2D eigenvalue weighted by atomic mass is 32.2. The van der Waals surface area contributed by atoms with Crippen molar-refractivity contribution in [3.8, 4) is 0 Å². The molecule has 8 heteroatoms. The van der Waals surface area contributed by atoms with E-state index in [1.54, 1.807) is 4.90 Å². The summed E-state index contributed by atoms with van der Waals surface area (Å²) in [6.45, 7) is 3.18. The van der Waals surface area contributed by atoms with Crippen molar-refractivity contribution in [3.63, 3.8) is 0 Å². The van der Waals surface area contributed by atoms with Gasteiger partial charge in [-0.3, -0.25) is 4.90 Å². The molecule has 20 heavy (non-hydrogen) atoms. The Morgan fingerprint density at radius 3 is 2.50 bits per heavy atom. The van der Waals surface area contributed by atoms with Gasteiger partial charge in [0, 0.05) is 43.4 Å². The van der Waals surface area contributed by atoms with Gasteiger partial charge in [-0.2, -0.15) is 0 Å². The number of aliphatic hydroxyl groups is 1. The molecular formula is C12H15F2N3O2S. The molecule has 1 aliphatic rings. The third kappa shape index (κ3) is 3.44. The maximum absolute atomic E-state index is 14.0. The lowest BCUT2D eigenvalue weighted by atomic mass is 10.2. The predicted octanol–water partition coefficient (Wildman–Crippen LogP) is 1.85. The Balaban J connectivity index is 2.10. The quantitative estimate of drug-likeness (QED) is 0.664. The van der Waals surface area contributed by atoms with Crippen LogP contribution in [0.2, 0.25) is 0 Å². The van der Waals surface area contributed by atoms with E-state index >= 15 is 0 Å². The molecule has 1 aromatic carbocycles. The second kappa shape index (κ2) is 6.96. The van der Waals surface area contributed by atoms with Crippen LogP contribution in [0.4, 0.5) is 14.5 Å². The molecule has 0 aromatic heterocycles. The van der Waals surface area contributed by atoms with E-state index in [1.807, 2.05) is 0 Å². The van der Waals surface area contributed by atoms with Gasteiger partial charge in [0.15, 0.2) is 0 Å². The minimum atomic E-state index is -0.649. The van der Waals surface area contributed by atoms with Crippen LogP contribution >= 0.6 is 11.9 Å². The Bertz CT molecular complexity index is 482. The van der Waals surface area contributed by atoms with Gasteiger partial charge >= 0.3 is 0 Å². The van der Waals surface area contributed by atoms with Crippen LogP contribution in [-0.2, 0) is 0 Å².